The molecule has 1 amide bonds. The minimum atomic E-state index is -2.53. The molecule has 2 unspecified atom stereocenters. The largest absolute Gasteiger partial charge is 0.327 e. The van der Waals surface area contributed by atoms with Crippen molar-refractivity contribution < 1.29 is 13.6 Å². The molecule has 2 atom stereocenters. The molecule has 128 valence electrons. The van der Waals surface area contributed by atoms with E-state index >= 15 is 0 Å². The summed E-state index contributed by atoms with van der Waals surface area (Å²) >= 11 is 2.34. The van der Waals surface area contributed by atoms with Crippen molar-refractivity contribution in [3.05, 3.63) is 0 Å². The number of hydrogen-bond acceptors (Lipinski definition) is 2. The highest BCUT2D eigenvalue weighted by Gasteiger charge is 2.47. The van der Waals surface area contributed by atoms with Gasteiger partial charge in [0.05, 0.1) is 4.05 Å². The lowest BCUT2D eigenvalue weighted by molar-refractivity contribution is -0.146. The standard InChI is InChI=1S/C16H27F2IN2O/c1-11(2)20(3)10-13-5-4-6-14(19)21(13)15(22)7-12-8-16(17,18)9-12/h11-14H,4-10H2,1-3H3. The van der Waals surface area contributed by atoms with Gasteiger partial charge < -0.3 is 9.80 Å². The molecule has 0 spiro atoms. The van der Waals surface area contributed by atoms with Crippen LogP contribution in [0.2, 0.25) is 0 Å². The van der Waals surface area contributed by atoms with E-state index in [9.17, 15) is 13.6 Å². The highest BCUT2D eigenvalue weighted by atomic mass is 127. The summed E-state index contributed by atoms with van der Waals surface area (Å²) in [7, 11) is 2.08. The molecule has 0 aromatic carbocycles. The van der Waals surface area contributed by atoms with Crippen LogP contribution in [-0.2, 0) is 4.79 Å². The van der Waals surface area contributed by atoms with E-state index in [4.69, 9.17) is 0 Å². The Bertz CT molecular complexity index is 398. The van der Waals surface area contributed by atoms with Crippen molar-refractivity contribution in [3.8, 4) is 0 Å². The van der Waals surface area contributed by atoms with Gasteiger partial charge in [0.1, 0.15) is 0 Å². The zero-order valence-corrected chi connectivity index (χ0v) is 15.9. The lowest BCUT2D eigenvalue weighted by Crippen LogP contribution is -2.53. The van der Waals surface area contributed by atoms with Crippen LogP contribution in [0.25, 0.3) is 0 Å². The van der Waals surface area contributed by atoms with Crippen LogP contribution >= 0.6 is 22.6 Å². The predicted octanol–water partition coefficient (Wildman–Crippen LogP) is 3.90. The number of nitrogens with zero attached hydrogens (tertiary/aromatic N) is 2. The zero-order valence-electron chi connectivity index (χ0n) is 13.7. The number of amides is 1. The monoisotopic (exact) mass is 428 g/mol. The molecule has 0 bridgehead atoms. The normalized spacial score (nSPS) is 29.0. The van der Waals surface area contributed by atoms with Gasteiger partial charge in [0.25, 0.3) is 0 Å². The molecular formula is C16H27F2IN2O. The first-order chi connectivity index (χ1) is 10.2. The van der Waals surface area contributed by atoms with Crippen LogP contribution in [0.4, 0.5) is 8.78 Å². The highest BCUT2D eigenvalue weighted by molar-refractivity contribution is 14.1. The van der Waals surface area contributed by atoms with E-state index < -0.39 is 5.92 Å². The van der Waals surface area contributed by atoms with Gasteiger partial charge in [0.2, 0.25) is 11.8 Å². The van der Waals surface area contributed by atoms with E-state index in [2.05, 4.69) is 48.4 Å². The molecular weight excluding hydrogens is 401 g/mol. The van der Waals surface area contributed by atoms with Crippen molar-refractivity contribution >= 4 is 28.5 Å². The summed E-state index contributed by atoms with van der Waals surface area (Å²) in [5.41, 5.74) is 0. The summed E-state index contributed by atoms with van der Waals surface area (Å²) in [4.78, 5) is 16.9. The predicted molar refractivity (Wildman–Crippen MR) is 92.3 cm³/mol. The number of likely N-dealkylation sites (tertiary alicyclic amines) is 1. The first-order valence-electron chi connectivity index (χ1n) is 8.23. The van der Waals surface area contributed by atoms with Gasteiger partial charge in [-0.3, -0.25) is 4.79 Å². The van der Waals surface area contributed by atoms with Gasteiger partial charge >= 0.3 is 0 Å². The number of carbonyl (C=O) groups is 1. The first kappa shape index (κ1) is 18.4. The molecule has 0 radical (unpaired) electrons. The quantitative estimate of drug-likeness (QED) is 0.377. The molecule has 2 aliphatic rings. The fourth-order valence-electron chi connectivity index (χ4n) is 3.39. The molecule has 22 heavy (non-hydrogen) atoms. The van der Waals surface area contributed by atoms with Crippen molar-refractivity contribution in [1.82, 2.24) is 9.80 Å². The van der Waals surface area contributed by atoms with Gasteiger partial charge in [0.15, 0.2) is 0 Å². The van der Waals surface area contributed by atoms with Crippen molar-refractivity contribution in [3.63, 3.8) is 0 Å². The Balaban J connectivity index is 1.95. The molecule has 2 fully saturated rings. The minimum absolute atomic E-state index is 0.0711. The van der Waals surface area contributed by atoms with Gasteiger partial charge in [-0.25, -0.2) is 8.78 Å². The summed E-state index contributed by atoms with van der Waals surface area (Å²) in [6.45, 7) is 5.16. The third kappa shape index (κ3) is 4.52. The number of hydrogen-bond donors (Lipinski definition) is 0. The second-order valence-corrected chi connectivity index (χ2v) is 8.63. The second kappa shape index (κ2) is 7.28. The number of alkyl halides is 3. The molecule has 1 saturated carbocycles. The number of halogens is 3. The van der Waals surface area contributed by atoms with Crippen molar-refractivity contribution in [2.45, 2.75) is 74.4 Å². The first-order valence-corrected chi connectivity index (χ1v) is 9.47. The van der Waals surface area contributed by atoms with E-state index in [1.54, 1.807) is 0 Å². The third-order valence-corrected chi connectivity index (χ3v) is 6.20. The van der Waals surface area contributed by atoms with Crippen LogP contribution in [0.5, 0.6) is 0 Å². The molecule has 0 N–H and O–H groups in total. The Morgan fingerprint density at radius 2 is 2.00 bits per heavy atom. The number of likely N-dealkylation sites (N-methyl/N-ethyl adjacent to an activating group) is 1. The Morgan fingerprint density at radius 3 is 2.55 bits per heavy atom. The Hall–Kier alpha value is 0.0200. The number of rotatable bonds is 5. The molecule has 0 aromatic heterocycles. The van der Waals surface area contributed by atoms with Gasteiger partial charge in [-0.2, -0.15) is 0 Å². The van der Waals surface area contributed by atoms with Crippen LogP contribution in [0.1, 0.15) is 52.4 Å². The van der Waals surface area contributed by atoms with Crippen molar-refractivity contribution in [2.24, 2.45) is 5.92 Å². The number of carbonyl (C=O) groups excluding carboxylic acids is 1. The SMILES string of the molecule is CC(C)N(C)CC1CCCC(I)N1C(=O)CC1CC(F)(F)C1. The fraction of sp³-hybridized carbons (Fsp3) is 0.938. The van der Waals surface area contributed by atoms with E-state index in [0.717, 1.165) is 25.8 Å². The average Bonchev–Trinajstić information content (AvgIpc) is 2.36. The van der Waals surface area contributed by atoms with Crippen molar-refractivity contribution in [2.75, 3.05) is 13.6 Å². The maximum atomic E-state index is 13.0. The van der Waals surface area contributed by atoms with Crippen molar-refractivity contribution in [1.29, 1.82) is 0 Å². The van der Waals surface area contributed by atoms with Crippen LogP contribution in [0.15, 0.2) is 0 Å². The maximum absolute atomic E-state index is 13.0. The topological polar surface area (TPSA) is 23.6 Å². The Kier molecular flexibility index (Phi) is 6.07. The van der Waals surface area contributed by atoms with E-state index in [1.807, 2.05) is 4.90 Å². The van der Waals surface area contributed by atoms with E-state index in [0.29, 0.717) is 6.04 Å². The Labute approximate surface area is 145 Å². The van der Waals surface area contributed by atoms with Crippen LogP contribution < -0.4 is 0 Å². The van der Waals surface area contributed by atoms with E-state index in [1.165, 1.54) is 0 Å². The summed E-state index contributed by atoms with van der Waals surface area (Å²) in [6, 6.07) is 0.660. The molecule has 1 aliphatic heterocycles. The summed E-state index contributed by atoms with van der Waals surface area (Å²) in [5.74, 6) is -2.59. The van der Waals surface area contributed by atoms with Gasteiger partial charge in [-0.1, -0.05) is 22.6 Å². The maximum Gasteiger partial charge on any atom is 0.248 e. The molecule has 2 rings (SSSR count). The zero-order chi connectivity index (χ0) is 16.5. The molecule has 6 heteroatoms. The highest BCUT2D eigenvalue weighted by Crippen LogP contribution is 2.44. The minimum Gasteiger partial charge on any atom is -0.327 e. The van der Waals surface area contributed by atoms with Crippen LogP contribution in [-0.4, -0.2) is 51.4 Å². The molecule has 3 nitrogen and oxygen atoms in total. The summed E-state index contributed by atoms with van der Waals surface area (Å²) < 4.78 is 26.1. The van der Waals surface area contributed by atoms with Crippen LogP contribution in [0, 0.1) is 5.92 Å². The van der Waals surface area contributed by atoms with E-state index in [-0.39, 0.29) is 41.2 Å². The fourth-order valence-corrected chi connectivity index (χ4v) is 4.60. The summed E-state index contributed by atoms with van der Waals surface area (Å²) in [6.07, 6.45) is 3.22. The Morgan fingerprint density at radius 1 is 1.36 bits per heavy atom. The molecule has 0 aromatic rings. The third-order valence-electron chi connectivity index (χ3n) is 4.98. The van der Waals surface area contributed by atoms with Gasteiger partial charge in [-0.05, 0) is 46.1 Å². The van der Waals surface area contributed by atoms with Gasteiger partial charge in [-0.15, -0.1) is 0 Å². The summed E-state index contributed by atoms with van der Waals surface area (Å²) in [5, 5.41) is 0. The molecule has 1 saturated heterocycles. The lowest BCUT2D eigenvalue weighted by atomic mass is 9.79. The lowest BCUT2D eigenvalue weighted by Gasteiger charge is -2.43. The van der Waals surface area contributed by atoms with Gasteiger partial charge in [0, 0.05) is 37.9 Å². The van der Waals surface area contributed by atoms with Crippen LogP contribution in [0.3, 0.4) is 0 Å². The number of piperidine rings is 1. The molecule has 1 aliphatic carbocycles. The smallest absolute Gasteiger partial charge is 0.248 e. The molecule has 1 heterocycles. The second-order valence-electron chi connectivity index (χ2n) is 7.19. The average molecular weight is 428 g/mol.